The van der Waals surface area contributed by atoms with E-state index in [4.69, 9.17) is 4.74 Å². The maximum Gasteiger partial charge on any atom is 0.123 e. The van der Waals surface area contributed by atoms with E-state index in [0.29, 0.717) is 6.04 Å². The fourth-order valence-corrected chi connectivity index (χ4v) is 2.09. The van der Waals surface area contributed by atoms with Crippen molar-refractivity contribution in [3.63, 3.8) is 0 Å². The van der Waals surface area contributed by atoms with Gasteiger partial charge in [-0.25, -0.2) is 4.39 Å². The highest BCUT2D eigenvalue weighted by atomic mass is 19.1. The van der Waals surface area contributed by atoms with Gasteiger partial charge in [0.05, 0.1) is 0 Å². The summed E-state index contributed by atoms with van der Waals surface area (Å²) in [6.07, 6.45) is 3.64. The number of hydrogen-bond donors (Lipinski definition) is 1. The van der Waals surface area contributed by atoms with Crippen molar-refractivity contribution in [1.29, 1.82) is 0 Å². The zero-order valence-electron chi connectivity index (χ0n) is 8.87. The van der Waals surface area contributed by atoms with Crippen molar-refractivity contribution < 1.29 is 9.13 Å². The Kier molecular flexibility index (Phi) is 3.21. The van der Waals surface area contributed by atoms with Crippen LogP contribution in [0, 0.1) is 5.82 Å². The summed E-state index contributed by atoms with van der Waals surface area (Å²) in [7, 11) is 1.96. The first-order valence-electron chi connectivity index (χ1n) is 5.39. The predicted octanol–water partition coefficient (Wildman–Crippen LogP) is 2.35. The lowest BCUT2D eigenvalue weighted by atomic mass is 10.2. The summed E-state index contributed by atoms with van der Waals surface area (Å²) in [6, 6.07) is 6.65. The minimum absolute atomic E-state index is 0.223. The van der Waals surface area contributed by atoms with Gasteiger partial charge in [0.1, 0.15) is 17.7 Å². The zero-order valence-corrected chi connectivity index (χ0v) is 8.87. The molecule has 1 saturated carbocycles. The highest BCUT2D eigenvalue weighted by Gasteiger charge is 2.27. The molecule has 1 aromatic rings. The molecule has 0 radical (unpaired) electrons. The van der Waals surface area contributed by atoms with Crippen molar-refractivity contribution in [1.82, 2.24) is 5.32 Å². The van der Waals surface area contributed by atoms with Crippen molar-refractivity contribution in [3.05, 3.63) is 30.1 Å². The standard InChI is InChI=1S/C12H16FNO/c1-14-11-3-2-4-12(11)15-10-7-5-9(13)6-8-10/h5-8,11-12,14H,2-4H2,1H3. The molecule has 0 bridgehead atoms. The topological polar surface area (TPSA) is 21.3 Å². The van der Waals surface area contributed by atoms with Crippen LogP contribution in [-0.4, -0.2) is 19.2 Å². The fraction of sp³-hybridized carbons (Fsp3) is 0.500. The Hall–Kier alpha value is -1.09. The second-order valence-corrected chi connectivity index (χ2v) is 3.94. The molecule has 2 unspecified atom stereocenters. The fourth-order valence-electron chi connectivity index (χ4n) is 2.09. The van der Waals surface area contributed by atoms with Crippen LogP contribution in [-0.2, 0) is 0 Å². The summed E-state index contributed by atoms with van der Waals surface area (Å²) in [4.78, 5) is 0. The molecule has 0 aromatic heterocycles. The van der Waals surface area contributed by atoms with Gasteiger partial charge in [0.2, 0.25) is 0 Å². The molecule has 1 fully saturated rings. The quantitative estimate of drug-likeness (QED) is 0.825. The third-order valence-electron chi connectivity index (χ3n) is 2.92. The van der Waals surface area contributed by atoms with Crippen LogP contribution in [0.3, 0.4) is 0 Å². The number of likely N-dealkylation sites (N-methyl/N-ethyl adjacent to an activating group) is 1. The van der Waals surface area contributed by atoms with Gasteiger partial charge in [-0.3, -0.25) is 0 Å². The van der Waals surface area contributed by atoms with Crippen LogP contribution in [0.2, 0.25) is 0 Å². The van der Waals surface area contributed by atoms with Gasteiger partial charge < -0.3 is 10.1 Å². The maximum atomic E-state index is 12.7. The van der Waals surface area contributed by atoms with Gasteiger partial charge in [0.25, 0.3) is 0 Å². The lowest BCUT2D eigenvalue weighted by molar-refractivity contribution is 0.179. The number of ether oxygens (including phenoxy) is 1. The van der Waals surface area contributed by atoms with E-state index in [9.17, 15) is 4.39 Å². The predicted molar refractivity (Wildman–Crippen MR) is 57.5 cm³/mol. The minimum atomic E-state index is -0.223. The SMILES string of the molecule is CNC1CCCC1Oc1ccc(F)cc1. The van der Waals surface area contributed by atoms with E-state index in [1.165, 1.54) is 18.6 Å². The molecule has 0 heterocycles. The summed E-state index contributed by atoms with van der Waals surface area (Å²) >= 11 is 0. The largest absolute Gasteiger partial charge is 0.489 e. The van der Waals surface area contributed by atoms with E-state index in [1.807, 2.05) is 7.05 Å². The Morgan fingerprint density at radius 2 is 2.00 bits per heavy atom. The van der Waals surface area contributed by atoms with Crippen LogP contribution in [0.15, 0.2) is 24.3 Å². The van der Waals surface area contributed by atoms with Crippen LogP contribution in [0.1, 0.15) is 19.3 Å². The molecule has 1 N–H and O–H groups in total. The number of nitrogens with one attached hydrogen (secondary N) is 1. The third kappa shape index (κ3) is 2.48. The van der Waals surface area contributed by atoms with Gasteiger partial charge >= 0.3 is 0 Å². The first kappa shape index (κ1) is 10.4. The molecule has 2 rings (SSSR count). The molecule has 3 heteroatoms. The summed E-state index contributed by atoms with van der Waals surface area (Å²) in [6.45, 7) is 0. The second kappa shape index (κ2) is 4.62. The van der Waals surface area contributed by atoms with Crippen molar-refractivity contribution in [2.45, 2.75) is 31.4 Å². The lowest BCUT2D eigenvalue weighted by Gasteiger charge is -2.20. The lowest BCUT2D eigenvalue weighted by Crippen LogP contribution is -2.36. The average Bonchev–Trinajstić information content (AvgIpc) is 2.69. The van der Waals surface area contributed by atoms with Crippen molar-refractivity contribution in [2.24, 2.45) is 0 Å². The average molecular weight is 209 g/mol. The Labute approximate surface area is 89.4 Å². The maximum absolute atomic E-state index is 12.7. The summed E-state index contributed by atoms with van der Waals surface area (Å²) in [5, 5.41) is 3.25. The van der Waals surface area contributed by atoms with E-state index in [0.717, 1.165) is 18.6 Å². The molecule has 2 nitrogen and oxygen atoms in total. The van der Waals surface area contributed by atoms with Gasteiger partial charge in [0, 0.05) is 6.04 Å². The van der Waals surface area contributed by atoms with Crippen molar-refractivity contribution in [3.8, 4) is 5.75 Å². The molecule has 1 aliphatic rings. The zero-order chi connectivity index (χ0) is 10.7. The van der Waals surface area contributed by atoms with Crippen molar-refractivity contribution >= 4 is 0 Å². The van der Waals surface area contributed by atoms with Crippen LogP contribution >= 0.6 is 0 Å². The van der Waals surface area contributed by atoms with Crippen LogP contribution in [0.5, 0.6) is 5.75 Å². The van der Waals surface area contributed by atoms with Crippen LogP contribution < -0.4 is 10.1 Å². The monoisotopic (exact) mass is 209 g/mol. The number of hydrogen-bond acceptors (Lipinski definition) is 2. The minimum Gasteiger partial charge on any atom is -0.489 e. The van der Waals surface area contributed by atoms with E-state index in [1.54, 1.807) is 12.1 Å². The highest BCUT2D eigenvalue weighted by Crippen LogP contribution is 2.24. The van der Waals surface area contributed by atoms with E-state index >= 15 is 0 Å². The van der Waals surface area contributed by atoms with Crippen molar-refractivity contribution in [2.75, 3.05) is 7.05 Å². The summed E-state index contributed by atoms with van der Waals surface area (Å²) < 4.78 is 18.5. The molecule has 1 aromatic carbocycles. The molecule has 82 valence electrons. The first-order chi connectivity index (χ1) is 7.29. The van der Waals surface area contributed by atoms with Gasteiger partial charge in [-0.05, 0) is 50.6 Å². The second-order valence-electron chi connectivity index (χ2n) is 3.94. The molecule has 0 aliphatic heterocycles. The molecule has 2 atom stereocenters. The molecular formula is C12H16FNO. The number of rotatable bonds is 3. The normalized spacial score (nSPS) is 25.5. The molecule has 0 amide bonds. The Bertz CT molecular complexity index is 312. The highest BCUT2D eigenvalue weighted by molar-refractivity contribution is 5.22. The summed E-state index contributed by atoms with van der Waals surface area (Å²) in [5.41, 5.74) is 0. The van der Waals surface area contributed by atoms with E-state index in [-0.39, 0.29) is 11.9 Å². The smallest absolute Gasteiger partial charge is 0.123 e. The van der Waals surface area contributed by atoms with Gasteiger partial charge in [-0.2, -0.15) is 0 Å². The Balaban J connectivity index is 1.99. The molecule has 1 aliphatic carbocycles. The van der Waals surface area contributed by atoms with E-state index < -0.39 is 0 Å². The third-order valence-corrected chi connectivity index (χ3v) is 2.92. The molecule has 0 spiro atoms. The van der Waals surface area contributed by atoms with Gasteiger partial charge in [-0.1, -0.05) is 0 Å². The molecule has 0 saturated heterocycles. The molecular weight excluding hydrogens is 193 g/mol. The molecule has 15 heavy (non-hydrogen) atoms. The van der Waals surface area contributed by atoms with Crippen LogP contribution in [0.4, 0.5) is 4.39 Å². The van der Waals surface area contributed by atoms with E-state index in [2.05, 4.69) is 5.32 Å². The van der Waals surface area contributed by atoms with Gasteiger partial charge in [0.15, 0.2) is 0 Å². The van der Waals surface area contributed by atoms with Gasteiger partial charge in [-0.15, -0.1) is 0 Å². The number of halogens is 1. The Morgan fingerprint density at radius 1 is 1.27 bits per heavy atom. The van der Waals surface area contributed by atoms with Crippen LogP contribution in [0.25, 0.3) is 0 Å². The Morgan fingerprint density at radius 3 is 2.67 bits per heavy atom. The first-order valence-corrected chi connectivity index (χ1v) is 5.39. The number of benzene rings is 1. The summed E-state index contributed by atoms with van der Waals surface area (Å²) in [5.74, 6) is 0.530.